The minimum absolute atomic E-state index is 0.568. The van der Waals surface area contributed by atoms with Crippen LogP contribution in [0.25, 0.3) is 0 Å². The second kappa shape index (κ2) is 4.94. The highest BCUT2D eigenvalue weighted by atomic mass is 32.1. The van der Waals surface area contributed by atoms with Gasteiger partial charge in [-0.25, -0.2) is 4.98 Å². The molecule has 1 aliphatic heterocycles. The lowest BCUT2D eigenvalue weighted by Gasteiger charge is -2.29. The zero-order chi connectivity index (χ0) is 11.7. The van der Waals surface area contributed by atoms with Gasteiger partial charge in [0.1, 0.15) is 0 Å². The molecule has 17 heavy (non-hydrogen) atoms. The number of nitrogens with zero attached hydrogens (tertiary/aromatic N) is 2. The molecule has 1 saturated heterocycles. The van der Waals surface area contributed by atoms with Crippen LogP contribution in [0.15, 0.2) is 5.38 Å². The van der Waals surface area contributed by atoms with Crippen LogP contribution in [0.2, 0.25) is 0 Å². The predicted molar refractivity (Wildman–Crippen MR) is 72.3 cm³/mol. The van der Waals surface area contributed by atoms with Crippen LogP contribution >= 0.6 is 11.3 Å². The topological polar surface area (TPSA) is 42.1 Å². The van der Waals surface area contributed by atoms with Crippen molar-refractivity contribution in [1.29, 1.82) is 0 Å². The van der Waals surface area contributed by atoms with Crippen LogP contribution in [-0.2, 0) is 6.54 Å². The molecule has 3 nitrogen and oxygen atoms in total. The summed E-state index contributed by atoms with van der Waals surface area (Å²) in [6.07, 6.45) is 8.41. The normalized spacial score (nSPS) is 25.9. The largest absolute Gasteiger partial charge is 0.345 e. The quantitative estimate of drug-likeness (QED) is 0.898. The van der Waals surface area contributed by atoms with Gasteiger partial charge in [0.15, 0.2) is 5.13 Å². The smallest absolute Gasteiger partial charge is 0.185 e. The van der Waals surface area contributed by atoms with E-state index in [1.807, 2.05) is 0 Å². The Balaban J connectivity index is 1.76. The molecule has 2 heterocycles. The second-order valence-electron chi connectivity index (χ2n) is 5.27. The van der Waals surface area contributed by atoms with Gasteiger partial charge in [0.05, 0.1) is 5.69 Å². The highest BCUT2D eigenvalue weighted by molar-refractivity contribution is 7.13. The molecule has 2 N–H and O–H groups in total. The Hall–Kier alpha value is -0.610. The maximum Gasteiger partial charge on any atom is 0.185 e. The van der Waals surface area contributed by atoms with Crippen molar-refractivity contribution in [2.75, 3.05) is 11.4 Å². The maximum atomic E-state index is 5.64. The molecule has 1 aromatic heterocycles. The lowest BCUT2D eigenvalue weighted by Crippen LogP contribution is -2.34. The van der Waals surface area contributed by atoms with Gasteiger partial charge in [-0.05, 0) is 31.6 Å². The van der Waals surface area contributed by atoms with Gasteiger partial charge in [-0.15, -0.1) is 11.3 Å². The molecule has 3 rings (SSSR count). The molecular formula is C13H21N3S. The third-order valence-corrected chi connectivity index (χ3v) is 5.16. The molecule has 2 aliphatic rings. The van der Waals surface area contributed by atoms with E-state index in [4.69, 9.17) is 5.73 Å². The van der Waals surface area contributed by atoms with E-state index >= 15 is 0 Å². The summed E-state index contributed by atoms with van der Waals surface area (Å²) < 4.78 is 0. The van der Waals surface area contributed by atoms with Crippen LogP contribution in [0, 0.1) is 5.92 Å². The SMILES string of the molecule is NCc1csc(N2CCCC2C2CCCC2)n1. The van der Waals surface area contributed by atoms with E-state index in [9.17, 15) is 0 Å². The number of hydrogen-bond acceptors (Lipinski definition) is 4. The van der Waals surface area contributed by atoms with E-state index in [1.54, 1.807) is 11.3 Å². The second-order valence-corrected chi connectivity index (χ2v) is 6.11. The molecule has 1 saturated carbocycles. The van der Waals surface area contributed by atoms with Crippen LogP contribution in [0.4, 0.5) is 5.13 Å². The number of thiazole rings is 1. The minimum atomic E-state index is 0.568. The van der Waals surface area contributed by atoms with Crippen molar-refractivity contribution < 1.29 is 0 Å². The molecular weight excluding hydrogens is 230 g/mol. The molecule has 1 unspecified atom stereocenters. The standard InChI is InChI=1S/C13H21N3S/c14-8-11-9-17-13(15-11)16-7-3-6-12(16)10-4-1-2-5-10/h9-10,12H,1-8,14H2. The molecule has 0 amide bonds. The first-order valence-electron chi connectivity index (χ1n) is 6.79. The molecule has 1 atom stereocenters. The van der Waals surface area contributed by atoms with E-state index < -0.39 is 0 Å². The van der Waals surface area contributed by atoms with Gasteiger partial charge < -0.3 is 10.6 Å². The van der Waals surface area contributed by atoms with Crippen molar-refractivity contribution in [2.24, 2.45) is 11.7 Å². The third-order valence-electron chi connectivity index (χ3n) is 4.24. The van der Waals surface area contributed by atoms with Crippen molar-refractivity contribution in [2.45, 2.75) is 51.1 Å². The molecule has 0 aromatic carbocycles. The van der Waals surface area contributed by atoms with Crippen LogP contribution in [-0.4, -0.2) is 17.6 Å². The fraction of sp³-hybridized carbons (Fsp3) is 0.769. The highest BCUT2D eigenvalue weighted by Gasteiger charge is 2.34. The van der Waals surface area contributed by atoms with Crippen molar-refractivity contribution in [3.8, 4) is 0 Å². The number of hydrogen-bond donors (Lipinski definition) is 1. The fourth-order valence-electron chi connectivity index (χ4n) is 3.38. The number of rotatable bonds is 3. The first-order valence-corrected chi connectivity index (χ1v) is 7.67. The third kappa shape index (κ3) is 2.20. The number of nitrogens with two attached hydrogens (primary N) is 1. The van der Waals surface area contributed by atoms with Gasteiger partial charge in [-0.3, -0.25) is 0 Å². The van der Waals surface area contributed by atoms with Gasteiger partial charge in [0.25, 0.3) is 0 Å². The molecule has 1 aliphatic carbocycles. The Kier molecular flexibility index (Phi) is 3.34. The number of aromatic nitrogens is 1. The summed E-state index contributed by atoms with van der Waals surface area (Å²) in [6, 6.07) is 0.759. The maximum absolute atomic E-state index is 5.64. The molecule has 0 bridgehead atoms. The lowest BCUT2D eigenvalue weighted by molar-refractivity contribution is 0.430. The van der Waals surface area contributed by atoms with E-state index in [-0.39, 0.29) is 0 Å². The molecule has 1 aromatic rings. The van der Waals surface area contributed by atoms with Crippen molar-refractivity contribution in [3.63, 3.8) is 0 Å². The first-order chi connectivity index (χ1) is 8.38. The Morgan fingerprint density at radius 1 is 1.29 bits per heavy atom. The fourth-order valence-corrected chi connectivity index (χ4v) is 4.31. The van der Waals surface area contributed by atoms with Crippen LogP contribution in [0.3, 0.4) is 0 Å². The summed E-state index contributed by atoms with van der Waals surface area (Å²) in [5.74, 6) is 0.919. The van der Waals surface area contributed by atoms with Gasteiger partial charge in [0, 0.05) is 24.5 Å². The summed E-state index contributed by atoms with van der Waals surface area (Å²) in [6.45, 7) is 1.76. The van der Waals surface area contributed by atoms with Crippen LogP contribution in [0.1, 0.15) is 44.2 Å². The Morgan fingerprint density at radius 3 is 2.82 bits per heavy atom. The monoisotopic (exact) mass is 251 g/mol. The molecule has 94 valence electrons. The lowest BCUT2D eigenvalue weighted by atomic mass is 9.96. The zero-order valence-corrected chi connectivity index (χ0v) is 11.1. The van der Waals surface area contributed by atoms with Crippen LogP contribution < -0.4 is 10.6 Å². The van der Waals surface area contributed by atoms with Crippen molar-refractivity contribution >= 4 is 16.5 Å². The van der Waals surface area contributed by atoms with Crippen LogP contribution in [0.5, 0.6) is 0 Å². The molecule has 2 fully saturated rings. The Morgan fingerprint density at radius 2 is 2.12 bits per heavy atom. The first kappa shape index (κ1) is 11.5. The van der Waals surface area contributed by atoms with Gasteiger partial charge >= 0.3 is 0 Å². The van der Waals surface area contributed by atoms with Crippen molar-refractivity contribution in [1.82, 2.24) is 4.98 Å². The minimum Gasteiger partial charge on any atom is -0.345 e. The number of anilines is 1. The van der Waals surface area contributed by atoms with E-state index in [1.165, 1.54) is 50.2 Å². The average molecular weight is 251 g/mol. The van der Waals surface area contributed by atoms with Gasteiger partial charge in [-0.2, -0.15) is 0 Å². The molecule has 4 heteroatoms. The molecule has 0 radical (unpaired) electrons. The van der Waals surface area contributed by atoms with Crippen molar-refractivity contribution in [3.05, 3.63) is 11.1 Å². The zero-order valence-electron chi connectivity index (χ0n) is 10.3. The summed E-state index contributed by atoms with van der Waals surface area (Å²) in [5, 5.41) is 3.32. The summed E-state index contributed by atoms with van der Waals surface area (Å²) in [5.41, 5.74) is 6.69. The van der Waals surface area contributed by atoms with E-state index in [0.29, 0.717) is 6.54 Å². The predicted octanol–water partition coefficient (Wildman–Crippen LogP) is 2.76. The summed E-state index contributed by atoms with van der Waals surface area (Å²) in [7, 11) is 0. The van der Waals surface area contributed by atoms with E-state index in [0.717, 1.165) is 17.7 Å². The van der Waals surface area contributed by atoms with E-state index in [2.05, 4.69) is 15.3 Å². The molecule has 0 spiro atoms. The highest BCUT2D eigenvalue weighted by Crippen LogP contribution is 2.38. The Bertz CT molecular complexity index is 370. The Labute approximate surface area is 107 Å². The van der Waals surface area contributed by atoms with Gasteiger partial charge in [0.2, 0.25) is 0 Å². The van der Waals surface area contributed by atoms with Gasteiger partial charge in [-0.1, -0.05) is 12.8 Å². The summed E-state index contributed by atoms with van der Waals surface area (Å²) in [4.78, 5) is 7.21. The summed E-state index contributed by atoms with van der Waals surface area (Å²) >= 11 is 1.77. The average Bonchev–Trinajstić information content (AvgIpc) is 3.09.